The van der Waals surface area contributed by atoms with Crippen LogP contribution < -0.4 is 0 Å². The fourth-order valence-electron chi connectivity index (χ4n) is 1.61. The molecule has 1 aromatic rings. The second-order valence-electron chi connectivity index (χ2n) is 4.87. The van der Waals surface area contributed by atoms with E-state index in [2.05, 4.69) is 0 Å². The Morgan fingerprint density at radius 1 is 1.32 bits per heavy atom. The zero-order chi connectivity index (χ0) is 14.8. The van der Waals surface area contributed by atoms with Gasteiger partial charge in [-0.15, -0.1) is 0 Å². The van der Waals surface area contributed by atoms with Crippen LogP contribution >= 0.6 is 0 Å². The molecule has 0 saturated carbocycles. The zero-order valence-corrected chi connectivity index (χ0v) is 10.9. The van der Waals surface area contributed by atoms with Crippen LogP contribution in [0.1, 0.15) is 30.6 Å². The lowest BCUT2D eigenvalue weighted by Crippen LogP contribution is -2.46. The highest BCUT2D eigenvalue weighted by Gasteiger charge is 2.31. The molecule has 0 aliphatic rings. The number of halogens is 2. The van der Waals surface area contributed by atoms with Crippen molar-refractivity contribution in [3.8, 4) is 0 Å². The van der Waals surface area contributed by atoms with Crippen LogP contribution in [0.25, 0.3) is 0 Å². The van der Waals surface area contributed by atoms with Crippen LogP contribution in [-0.4, -0.2) is 34.5 Å². The Kier molecular flexibility index (Phi) is 4.24. The molecular weight excluding hydrogens is 256 g/mol. The van der Waals surface area contributed by atoms with Crippen LogP contribution in [0.2, 0.25) is 0 Å². The Labute approximate surface area is 109 Å². The lowest BCUT2D eigenvalue weighted by atomic mass is 9.97. The molecule has 1 N–H and O–H groups in total. The van der Waals surface area contributed by atoms with E-state index in [9.17, 15) is 18.4 Å². The number of aliphatic carboxylic acids is 1. The molecule has 4 nitrogen and oxygen atoms in total. The quantitative estimate of drug-likeness (QED) is 0.914. The average molecular weight is 271 g/mol. The second kappa shape index (κ2) is 5.34. The van der Waals surface area contributed by atoms with E-state index in [1.165, 1.54) is 7.05 Å². The first-order valence-electron chi connectivity index (χ1n) is 5.60. The predicted octanol–water partition coefficient (Wildman–Crippen LogP) is 2.29. The van der Waals surface area contributed by atoms with Gasteiger partial charge in [0.2, 0.25) is 0 Å². The largest absolute Gasteiger partial charge is 0.481 e. The summed E-state index contributed by atoms with van der Waals surface area (Å²) in [7, 11) is 1.38. The lowest BCUT2D eigenvalue weighted by Gasteiger charge is -2.34. The van der Waals surface area contributed by atoms with Gasteiger partial charge in [-0.1, -0.05) is 0 Å². The van der Waals surface area contributed by atoms with Crippen molar-refractivity contribution < 1.29 is 23.5 Å². The Bertz CT molecular complexity index is 515. The van der Waals surface area contributed by atoms with Crippen molar-refractivity contribution in [2.24, 2.45) is 0 Å². The van der Waals surface area contributed by atoms with E-state index in [-0.39, 0.29) is 12.0 Å². The number of carbonyl (C=O) groups excluding carboxylic acids is 1. The summed E-state index contributed by atoms with van der Waals surface area (Å²) < 4.78 is 26.3. The van der Waals surface area contributed by atoms with E-state index in [0.29, 0.717) is 6.07 Å². The van der Waals surface area contributed by atoms with E-state index < -0.39 is 29.0 Å². The summed E-state index contributed by atoms with van der Waals surface area (Å²) in [5.41, 5.74) is -1.27. The highest BCUT2D eigenvalue weighted by Crippen LogP contribution is 2.21. The molecule has 0 radical (unpaired) electrons. The molecule has 0 saturated heterocycles. The van der Waals surface area contributed by atoms with Gasteiger partial charge in [-0.2, -0.15) is 0 Å². The number of amides is 1. The number of nitrogens with zero attached hydrogens (tertiary/aromatic N) is 1. The molecule has 0 aliphatic carbocycles. The molecule has 0 spiro atoms. The zero-order valence-electron chi connectivity index (χ0n) is 10.9. The average Bonchev–Trinajstić information content (AvgIpc) is 2.25. The van der Waals surface area contributed by atoms with Gasteiger partial charge in [0.1, 0.15) is 11.6 Å². The summed E-state index contributed by atoms with van der Waals surface area (Å²) in [6, 6.07) is 2.64. The van der Waals surface area contributed by atoms with Crippen molar-refractivity contribution in [1.82, 2.24) is 4.90 Å². The molecule has 104 valence electrons. The van der Waals surface area contributed by atoms with E-state index in [0.717, 1.165) is 17.0 Å². The Morgan fingerprint density at radius 3 is 2.37 bits per heavy atom. The smallest absolute Gasteiger partial charge is 0.305 e. The third-order valence-corrected chi connectivity index (χ3v) is 2.96. The first-order valence-corrected chi connectivity index (χ1v) is 5.60. The predicted molar refractivity (Wildman–Crippen MR) is 64.8 cm³/mol. The van der Waals surface area contributed by atoms with E-state index in [1.807, 2.05) is 0 Å². The molecule has 6 heteroatoms. The van der Waals surface area contributed by atoms with Crippen LogP contribution in [0.3, 0.4) is 0 Å². The van der Waals surface area contributed by atoms with Crippen molar-refractivity contribution in [1.29, 1.82) is 0 Å². The standard InChI is InChI=1S/C13H15F2NO3/c1-13(2,7-11(17)18)16(3)12(19)9-5-4-8(14)6-10(9)15/h4-6H,7H2,1-3H3,(H,17,18). The highest BCUT2D eigenvalue weighted by atomic mass is 19.1. The minimum atomic E-state index is -1.07. The van der Waals surface area contributed by atoms with Gasteiger partial charge in [-0.25, -0.2) is 8.78 Å². The number of hydrogen-bond donors (Lipinski definition) is 1. The molecular formula is C13H15F2NO3. The molecule has 0 aliphatic heterocycles. The maximum atomic E-state index is 13.5. The Morgan fingerprint density at radius 2 is 1.89 bits per heavy atom. The number of carboxylic acids is 1. The lowest BCUT2D eigenvalue weighted by molar-refractivity contribution is -0.139. The van der Waals surface area contributed by atoms with Crippen LogP contribution in [0.15, 0.2) is 18.2 Å². The fraction of sp³-hybridized carbons (Fsp3) is 0.385. The summed E-state index contributed by atoms with van der Waals surface area (Å²) in [4.78, 5) is 23.9. The third-order valence-electron chi connectivity index (χ3n) is 2.96. The van der Waals surface area contributed by atoms with Crippen molar-refractivity contribution in [2.75, 3.05) is 7.05 Å². The van der Waals surface area contributed by atoms with Crippen LogP contribution in [0.5, 0.6) is 0 Å². The molecule has 0 fully saturated rings. The van der Waals surface area contributed by atoms with Crippen molar-refractivity contribution in [2.45, 2.75) is 25.8 Å². The first-order chi connectivity index (χ1) is 8.65. The van der Waals surface area contributed by atoms with Gasteiger partial charge >= 0.3 is 5.97 Å². The summed E-state index contributed by atoms with van der Waals surface area (Å²) in [5, 5.41) is 8.78. The monoisotopic (exact) mass is 271 g/mol. The third kappa shape index (κ3) is 3.49. The summed E-state index contributed by atoms with van der Waals surface area (Å²) in [5.74, 6) is -3.50. The van der Waals surface area contributed by atoms with Crippen molar-refractivity contribution >= 4 is 11.9 Å². The number of rotatable bonds is 4. The summed E-state index contributed by atoms with van der Waals surface area (Å²) in [6.07, 6.45) is -0.280. The molecule has 1 rings (SSSR count). The summed E-state index contributed by atoms with van der Waals surface area (Å²) in [6.45, 7) is 3.11. The second-order valence-corrected chi connectivity index (χ2v) is 4.87. The number of hydrogen-bond acceptors (Lipinski definition) is 2. The Hall–Kier alpha value is -1.98. The van der Waals surface area contributed by atoms with Gasteiger partial charge in [-0.3, -0.25) is 9.59 Å². The molecule has 1 aromatic carbocycles. The maximum Gasteiger partial charge on any atom is 0.305 e. The van der Waals surface area contributed by atoms with Crippen LogP contribution in [-0.2, 0) is 4.79 Å². The molecule has 0 bridgehead atoms. The normalized spacial score (nSPS) is 11.2. The topological polar surface area (TPSA) is 57.6 Å². The maximum absolute atomic E-state index is 13.5. The van der Waals surface area contributed by atoms with E-state index in [4.69, 9.17) is 5.11 Å². The van der Waals surface area contributed by atoms with E-state index in [1.54, 1.807) is 13.8 Å². The molecule has 19 heavy (non-hydrogen) atoms. The van der Waals surface area contributed by atoms with Crippen LogP contribution in [0.4, 0.5) is 8.78 Å². The van der Waals surface area contributed by atoms with Gasteiger partial charge in [0.25, 0.3) is 5.91 Å². The fourth-order valence-corrected chi connectivity index (χ4v) is 1.61. The molecule has 0 aromatic heterocycles. The van der Waals surface area contributed by atoms with Crippen molar-refractivity contribution in [3.05, 3.63) is 35.4 Å². The van der Waals surface area contributed by atoms with Gasteiger partial charge in [0.05, 0.1) is 12.0 Å². The minimum Gasteiger partial charge on any atom is -0.481 e. The Balaban J connectivity index is 3.02. The SMILES string of the molecule is CN(C(=O)c1ccc(F)cc1F)C(C)(C)CC(=O)O. The molecule has 1 amide bonds. The summed E-state index contributed by atoms with van der Waals surface area (Å²) >= 11 is 0. The molecule has 0 heterocycles. The highest BCUT2D eigenvalue weighted by molar-refractivity contribution is 5.95. The van der Waals surface area contributed by atoms with Crippen LogP contribution in [0, 0.1) is 11.6 Å². The van der Waals surface area contributed by atoms with Gasteiger partial charge < -0.3 is 10.0 Å². The van der Waals surface area contributed by atoms with Gasteiger partial charge in [-0.05, 0) is 26.0 Å². The van der Waals surface area contributed by atoms with Gasteiger partial charge in [0.15, 0.2) is 0 Å². The van der Waals surface area contributed by atoms with Gasteiger partial charge in [0, 0.05) is 18.7 Å². The van der Waals surface area contributed by atoms with Crippen molar-refractivity contribution in [3.63, 3.8) is 0 Å². The molecule has 0 atom stereocenters. The minimum absolute atomic E-state index is 0.280. The first kappa shape index (κ1) is 15.1. The number of carboxylic acid groups (broad SMARTS) is 1. The number of benzene rings is 1. The molecule has 0 unspecified atom stereocenters. The van der Waals surface area contributed by atoms with E-state index >= 15 is 0 Å². The number of carbonyl (C=O) groups is 2.